The number of ether oxygens (including phenoxy) is 1. The molecule has 0 aliphatic carbocycles. The summed E-state index contributed by atoms with van der Waals surface area (Å²) in [4.78, 5) is 14.1. The summed E-state index contributed by atoms with van der Waals surface area (Å²) < 4.78 is 6.08. The van der Waals surface area contributed by atoms with Gasteiger partial charge in [-0.25, -0.2) is 0 Å². The molecular formula is C18H19N3O2S2. The number of thioether (sulfide) groups is 1. The van der Waals surface area contributed by atoms with Crippen LogP contribution in [0.1, 0.15) is 10.6 Å². The van der Waals surface area contributed by atoms with Crippen LogP contribution in [0.25, 0.3) is 10.8 Å². The number of benzene rings is 2. The Hall–Kier alpha value is -2.12. The minimum Gasteiger partial charge on any atom is -0.497 e. The van der Waals surface area contributed by atoms with E-state index in [4.69, 9.17) is 4.74 Å². The summed E-state index contributed by atoms with van der Waals surface area (Å²) in [5, 5.41) is 11.2. The van der Waals surface area contributed by atoms with Crippen molar-refractivity contribution in [3.05, 3.63) is 47.0 Å². The standard InChI is InChI=1S/C18H19N3O2S2/c1-12-19-20-18(25-12)24-11-17(22)21(2)10-13-4-5-15-9-16(23-3)7-6-14(15)8-13/h4-9H,10-11H2,1-3H3. The first-order valence-corrected chi connectivity index (χ1v) is 9.59. The topological polar surface area (TPSA) is 55.3 Å². The fraction of sp³-hybridized carbons (Fsp3) is 0.278. The van der Waals surface area contributed by atoms with Crippen LogP contribution < -0.4 is 4.74 Å². The molecule has 1 amide bonds. The molecule has 0 saturated heterocycles. The van der Waals surface area contributed by atoms with Gasteiger partial charge in [0.1, 0.15) is 10.8 Å². The zero-order valence-corrected chi connectivity index (χ0v) is 16.0. The Labute approximate surface area is 155 Å². The summed E-state index contributed by atoms with van der Waals surface area (Å²) in [6.07, 6.45) is 0. The van der Waals surface area contributed by atoms with E-state index >= 15 is 0 Å². The normalized spacial score (nSPS) is 10.8. The van der Waals surface area contributed by atoms with Gasteiger partial charge in [-0.2, -0.15) is 0 Å². The zero-order chi connectivity index (χ0) is 17.8. The Kier molecular flexibility index (Phi) is 5.55. The summed E-state index contributed by atoms with van der Waals surface area (Å²) in [5.41, 5.74) is 1.10. The molecule has 0 N–H and O–H groups in total. The molecule has 7 heteroatoms. The number of aromatic nitrogens is 2. The summed E-state index contributed by atoms with van der Waals surface area (Å²) in [5.74, 6) is 1.29. The van der Waals surface area contributed by atoms with E-state index in [0.29, 0.717) is 12.3 Å². The maximum Gasteiger partial charge on any atom is 0.233 e. The number of aryl methyl sites for hydroxylation is 1. The number of nitrogens with zero attached hydrogens (tertiary/aromatic N) is 3. The number of carbonyl (C=O) groups is 1. The highest BCUT2D eigenvalue weighted by atomic mass is 32.2. The fourth-order valence-electron chi connectivity index (χ4n) is 2.43. The van der Waals surface area contributed by atoms with E-state index in [-0.39, 0.29) is 5.91 Å². The quantitative estimate of drug-likeness (QED) is 0.616. The maximum absolute atomic E-state index is 12.3. The minimum atomic E-state index is 0.0766. The molecular weight excluding hydrogens is 354 g/mol. The molecule has 130 valence electrons. The van der Waals surface area contributed by atoms with Gasteiger partial charge in [0.2, 0.25) is 5.91 Å². The van der Waals surface area contributed by atoms with Crippen LogP contribution in [0.3, 0.4) is 0 Å². The summed E-state index contributed by atoms with van der Waals surface area (Å²) in [6.45, 7) is 2.49. The smallest absolute Gasteiger partial charge is 0.233 e. The van der Waals surface area contributed by atoms with Gasteiger partial charge in [-0.1, -0.05) is 41.3 Å². The van der Waals surface area contributed by atoms with E-state index in [1.54, 1.807) is 12.0 Å². The Balaban J connectivity index is 1.62. The van der Waals surface area contributed by atoms with Crippen molar-refractivity contribution >= 4 is 39.8 Å². The molecule has 1 heterocycles. The van der Waals surface area contributed by atoms with Crippen molar-refractivity contribution in [3.63, 3.8) is 0 Å². The Morgan fingerprint density at radius 1 is 1.20 bits per heavy atom. The second-order valence-corrected chi connectivity index (χ2v) is 8.08. The molecule has 0 aliphatic rings. The molecule has 0 radical (unpaired) electrons. The lowest BCUT2D eigenvalue weighted by atomic mass is 10.1. The van der Waals surface area contributed by atoms with Crippen LogP contribution in [0.2, 0.25) is 0 Å². The Bertz CT molecular complexity index is 895. The number of hydrogen-bond donors (Lipinski definition) is 0. The van der Waals surface area contributed by atoms with E-state index in [1.807, 2.05) is 38.2 Å². The number of amides is 1. The Morgan fingerprint density at radius 3 is 2.68 bits per heavy atom. The van der Waals surface area contributed by atoms with E-state index in [9.17, 15) is 4.79 Å². The number of carbonyl (C=O) groups excluding carboxylic acids is 1. The number of methoxy groups -OCH3 is 1. The summed E-state index contributed by atoms with van der Waals surface area (Å²) in [7, 11) is 3.49. The second kappa shape index (κ2) is 7.84. The van der Waals surface area contributed by atoms with E-state index in [0.717, 1.165) is 31.4 Å². The molecule has 1 aromatic heterocycles. The lowest BCUT2D eigenvalue weighted by Crippen LogP contribution is -2.27. The van der Waals surface area contributed by atoms with Crippen LogP contribution >= 0.6 is 23.1 Å². The van der Waals surface area contributed by atoms with Crippen LogP contribution in [-0.2, 0) is 11.3 Å². The maximum atomic E-state index is 12.3. The molecule has 3 aromatic rings. The monoisotopic (exact) mass is 373 g/mol. The summed E-state index contributed by atoms with van der Waals surface area (Å²) in [6, 6.07) is 12.2. The number of fused-ring (bicyclic) bond motifs is 1. The highest BCUT2D eigenvalue weighted by Crippen LogP contribution is 2.24. The van der Waals surface area contributed by atoms with Crippen molar-refractivity contribution in [2.24, 2.45) is 0 Å². The zero-order valence-electron chi connectivity index (χ0n) is 14.4. The van der Waals surface area contributed by atoms with Crippen LogP contribution in [-0.4, -0.2) is 40.9 Å². The highest BCUT2D eigenvalue weighted by Gasteiger charge is 2.12. The molecule has 0 aliphatic heterocycles. The number of hydrogen-bond acceptors (Lipinski definition) is 6. The molecule has 3 rings (SSSR count). The van der Waals surface area contributed by atoms with Gasteiger partial charge in [-0.15, -0.1) is 10.2 Å². The van der Waals surface area contributed by atoms with Gasteiger partial charge in [-0.05, 0) is 41.5 Å². The molecule has 0 bridgehead atoms. The van der Waals surface area contributed by atoms with Gasteiger partial charge in [-0.3, -0.25) is 4.79 Å². The van der Waals surface area contributed by atoms with Crippen molar-refractivity contribution in [2.75, 3.05) is 19.9 Å². The van der Waals surface area contributed by atoms with Crippen LogP contribution in [0.4, 0.5) is 0 Å². The van der Waals surface area contributed by atoms with Crippen LogP contribution in [0.5, 0.6) is 5.75 Å². The van der Waals surface area contributed by atoms with Crippen molar-refractivity contribution in [1.29, 1.82) is 0 Å². The largest absolute Gasteiger partial charge is 0.497 e. The summed E-state index contributed by atoms with van der Waals surface area (Å²) >= 11 is 2.94. The second-order valence-electron chi connectivity index (χ2n) is 5.67. The molecule has 5 nitrogen and oxygen atoms in total. The Morgan fingerprint density at radius 2 is 1.96 bits per heavy atom. The van der Waals surface area contributed by atoms with Crippen molar-refractivity contribution in [3.8, 4) is 5.75 Å². The van der Waals surface area contributed by atoms with E-state index in [2.05, 4.69) is 22.3 Å². The predicted molar refractivity (Wildman–Crippen MR) is 102 cm³/mol. The molecule has 0 saturated carbocycles. The van der Waals surface area contributed by atoms with Gasteiger partial charge >= 0.3 is 0 Å². The van der Waals surface area contributed by atoms with Gasteiger partial charge in [0, 0.05) is 13.6 Å². The van der Waals surface area contributed by atoms with Crippen LogP contribution in [0, 0.1) is 6.92 Å². The first-order chi connectivity index (χ1) is 12.0. The molecule has 0 atom stereocenters. The molecule has 2 aromatic carbocycles. The molecule has 25 heavy (non-hydrogen) atoms. The lowest BCUT2D eigenvalue weighted by molar-refractivity contribution is -0.127. The first kappa shape index (κ1) is 17.7. The van der Waals surface area contributed by atoms with Gasteiger partial charge in [0.25, 0.3) is 0 Å². The molecule has 0 spiro atoms. The third kappa shape index (κ3) is 4.49. The average Bonchev–Trinajstić information content (AvgIpc) is 3.04. The number of rotatable bonds is 6. The van der Waals surface area contributed by atoms with Crippen molar-refractivity contribution in [2.45, 2.75) is 17.8 Å². The van der Waals surface area contributed by atoms with Crippen molar-refractivity contribution in [1.82, 2.24) is 15.1 Å². The van der Waals surface area contributed by atoms with E-state index in [1.165, 1.54) is 23.1 Å². The predicted octanol–water partition coefficient (Wildman–Crippen LogP) is 3.76. The lowest BCUT2D eigenvalue weighted by Gasteiger charge is -2.17. The third-order valence-corrected chi connectivity index (χ3v) is 5.74. The van der Waals surface area contributed by atoms with Crippen molar-refractivity contribution < 1.29 is 9.53 Å². The third-order valence-electron chi connectivity index (χ3n) is 3.78. The van der Waals surface area contributed by atoms with Crippen LogP contribution in [0.15, 0.2) is 40.7 Å². The average molecular weight is 374 g/mol. The van der Waals surface area contributed by atoms with Gasteiger partial charge in [0.05, 0.1) is 12.9 Å². The molecule has 0 unspecified atom stereocenters. The minimum absolute atomic E-state index is 0.0766. The molecule has 0 fully saturated rings. The fourth-order valence-corrected chi connectivity index (χ4v) is 4.19. The van der Waals surface area contributed by atoms with Gasteiger partial charge in [0.15, 0.2) is 4.34 Å². The highest BCUT2D eigenvalue weighted by molar-refractivity contribution is 8.01. The SMILES string of the molecule is COc1ccc2cc(CN(C)C(=O)CSc3nnc(C)s3)ccc2c1. The van der Waals surface area contributed by atoms with E-state index < -0.39 is 0 Å². The van der Waals surface area contributed by atoms with Gasteiger partial charge < -0.3 is 9.64 Å². The first-order valence-electron chi connectivity index (χ1n) is 7.78.